The molecule has 0 spiro atoms. The molecule has 0 aliphatic rings. The van der Waals surface area contributed by atoms with E-state index in [0.29, 0.717) is 17.4 Å². The third-order valence-corrected chi connectivity index (χ3v) is 5.30. The zero-order valence-electron chi connectivity index (χ0n) is 11.3. The van der Waals surface area contributed by atoms with Crippen molar-refractivity contribution in [2.24, 2.45) is 0 Å². The Balaban J connectivity index is 2.77. The van der Waals surface area contributed by atoms with Crippen LogP contribution < -0.4 is 4.72 Å². The van der Waals surface area contributed by atoms with Gasteiger partial charge in [-0.15, -0.1) is 0 Å². The zero-order chi connectivity index (χ0) is 14.5. The van der Waals surface area contributed by atoms with Crippen LogP contribution in [0.15, 0.2) is 29.2 Å². The van der Waals surface area contributed by atoms with Gasteiger partial charge in [-0.3, -0.25) is 4.79 Å². The van der Waals surface area contributed by atoms with Crippen LogP contribution in [0.5, 0.6) is 0 Å². The number of benzene rings is 1. The van der Waals surface area contributed by atoms with Crippen LogP contribution in [0.25, 0.3) is 0 Å². The lowest BCUT2D eigenvalue weighted by Gasteiger charge is -2.10. The summed E-state index contributed by atoms with van der Waals surface area (Å²) in [5.41, 5.74) is 0.403. The molecule has 1 aromatic rings. The van der Waals surface area contributed by atoms with Crippen LogP contribution in [0, 0.1) is 0 Å². The number of hydrogen-bond donors (Lipinski definition) is 1. The summed E-state index contributed by atoms with van der Waals surface area (Å²) in [4.78, 5) is 11.4. The lowest BCUT2D eigenvalue weighted by molar-refractivity contribution is 0.101. The molecule has 4 nitrogen and oxygen atoms in total. The molecule has 1 unspecified atom stereocenters. The minimum atomic E-state index is -3.53. The van der Waals surface area contributed by atoms with E-state index in [4.69, 9.17) is 0 Å². The zero-order valence-corrected chi connectivity index (χ0v) is 13.0. The monoisotopic (exact) mass is 301 g/mol. The number of carbonyl (C=O) groups is 1. The molecule has 106 valence electrons. The van der Waals surface area contributed by atoms with Gasteiger partial charge in [-0.05, 0) is 31.7 Å². The summed E-state index contributed by atoms with van der Waals surface area (Å²) in [6.45, 7) is 3.86. The summed E-state index contributed by atoms with van der Waals surface area (Å²) in [6, 6.07) is 6.09. The first-order chi connectivity index (χ1) is 8.86. The second-order valence-corrected chi connectivity index (χ2v) is 7.36. The van der Waals surface area contributed by atoms with Crippen molar-refractivity contribution in [2.75, 3.05) is 12.8 Å². The van der Waals surface area contributed by atoms with Crippen molar-refractivity contribution in [3.05, 3.63) is 29.8 Å². The van der Waals surface area contributed by atoms with Crippen molar-refractivity contribution >= 4 is 27.6 Å². The van der Waals surface area contributed by atoms with E-state index in [-0.39, 0.29) is 10.7 Å². The fourth-order valence-corrected chi connectivity index (χ4v) is 2.93. The van der Waals surface area contributed by atoms with E-state index >= 15 is 0 Å². The van der Waals surface area contributed by atoms with Gasteiger partial charge in [-0.25, -0.2) is 13.1 Å². The Morgan fingerprint density at radius 3 is 2.68 bits per heavy atom. The maximum absolute atomic E-state index is 12.0. The van der Waals surface area contributed by atoms with Crippen molar-refractivity contribution < 1.29 is 13.2 Å². The maximum atomic E-state index is 12.0. The van der Waals surface area contributed by atoms with E-state index in [1.165, 1.54) is 19.1 Å². The minimum absolute atomic E-state index is 0.136. The van der Waals surface area contributed by atoms with Crippen LogP contribution >= 0.6 is 11.8 Å². The number of rotatable bonds is 7. The largest absolute Gasteiger partial charge is 0.295 e. The molecule has 0 heterocycles. The highest BCUT2D eigenvalue weighted by Crippen LogP contribution is 2.13. The number of nitrogens with one attached hydrogen (secondary N) is 1. The Bertz CT molecular complexity index is 541. The SMILES string of the molecule is CSC(C)CCNS(=O)(=O)c1cccc(C(C)=O)c1. The second kappa shape index (κ2) is 7.07. The molecule has 0 aliphatic heterocycles. The molecule has 1 atom stereocenters. The topological polar surface area (TPSA) is 63.2 Å². The Morgan fingerprint density at radius 2 is 2.11 bits per heavy atom. The molecule has 1 aromatic carbocycles. The molecule has 6 heteroatoms. The number of carbonyl (C=O) groups excluding carboxylic acids is 1. The van der Waals surface area contributed by atoms with E-state index in [2.05, 4.69) is 11.6 Å². The van der Waals surface area contributed by atoms with E-state index in [1.54, 1.807) is 23.9 Å². The van der Waals surface area contributed by atoms with Gasteiger partial charge in [0.05, 0.1) is 4.90 Å². The van der Waals surface area contributed by atoms with Gasteiger partial charge < -0.3 is 0 Å². The van der Waals surface area contributed by atoms with E-state index in [9.17, 15) is 13.2 Å². The van der Waals surface area contributed by atoms with Crippen molar-refractivity contribution in [1.82, 2.24) is 4.72 Å². The Morgan fingerprint density at radius 1 is 1.42 bits per heavy atom. The van der Waals surface area contributed by atoms with E-state index < -0.39 is 10.0 Å². The van der Waals surface area contributed by atoms with Crippen LogP contribution in [0.3, 0.4) is 0 Å². The van der Waals surface area contributed by atoms with Gasteiger partial charge in [0.2, 0.25) is 10.0 Å². The lowest BCUT2D eigenvalue weighted by Crippen LogP contribution is -2.26. The smallest absolute Gasteiger partial charge is 0.240 e. The quantitative estimate of drug-likeness (QED) is 0.785. The summed E-state index contributed by atoms with van der Waals surface area (Å²) < 4.78 is 26.6. The van der Waals surface area contributed by atoms with Crippen molar-refractivity contribution in [3.63, 3.8) is 0 Å². The summed E-state index contributed by atoms with van der Waals surface area (Å²) in [5.74, 6) is -0.145. The van der Waals surface area contributed by atoms with Gasteiger partial charge in [0.15, 0.2) is 5.78 Å². The van der Waals surface area contributed by atoms with Gasteiger partial charge in [0.1, 0.15) is 0 Å². The first-order valence-corrected chi connectivity index (χ1v) is 8.77. The Hall–Kier alpha value is -0.850. The van der Waals surface area contributed by atoms with Crippen LogP contribution in [0.1, 0.15) is 30.6 Å². The molecule has 1 N–H and O–H groups in total. The van der Waals surface area contributed by atoms with Crippen molar-refractivity contribution in [3.8, 4) is 0 Å². The molecule has 19 heavy (non-hydrogen) atoms. The fourth-order valence-electron chi connectivity index (χ4n) is 1.48. The lowest BCUT2D eigenvalue weighted by atomic mass is 10.2. The van der Waals surface area contributed by atoms with Crippen molar-refractivity contribution in [2.45, 2.75) is 30.4 Å². The number of Topliss-reactive ketones (excluding diaryl/α,β-unsaturated/α-hetero) is 1. The van der Waals surface area contributed by atoms with Gasteiger partial charge >= 0.3 is 0 Å². The average Bonchev–Trinajstić information content (AvgIpc) is 2.38. The maximum Gasteiger partial charge on any atom is 0.240 e. The van der Waals surface area contributed by atoms with E-state index in [1.807, 2.05) is 6.26 Å². The molecule has 0 aromatic heterocycles. The predicted octanol–water partition coefficient (Wildman–Crippen LogP) is 2.31. The molecule has 0 amide bonds. The average molecular weight is 301 g/mol. The highest BCUT2D eigenvalue weighted by Gasteiger charge is 2.15. The molecule has 0 saturated carbocycles. The molecule has 1 rings (SSSR count). The molecular formula is C13H19NO3S2. The number of sulfonamides is 1. The third kappa shape index (κ3) is 4.97. The predicted molar refractivity (Wildman–Crippen MR) is 79.2 cm³/mol. The molecule has 0 fully saturated rings. The number of hydrogen-bond acceptors (Lipinski definition) is 4. The fraction of sp³-hybridized carbons (Fsp3) is 0.462. The number of ketones is 1. The van der Waals surface area contributed by atoms with E-state index in [0.717, 1.165) is 6.42 Å². The summed E-state index contributed by atoms with van der Waals surface area (Å²) >= 11 is 1.70. The first-order valence-electron chi connectivity index (χ1n) is 6.00. The Labute approximate surface area is 119 Å². The summed E-state index contributed by atoms with van der Waals surface area (Å²) in [5, 5.41) is 0.409. The molecular weight excluding hydrogens is 282 g/mol. The van der Waals surface area contributed by atoms with Crippen LogP contribution in [-0.4, -0.2) is 32.3 Å². The van der Waals surface area contributed by atoms with Gasteiger partial charge in [-0.1, -0.05) is 19.1 Å². The second-order valence-electron chi connectivity index (χ2n) is 4.32. The molecule has 0 radical (unpaired) electrons. The normalized spacial score (nSPS) is 13.2. The van der Waals surface area contributed by atoms with Crippen LogP contribution in [0.2, 0.25) is 0 Å². The van der Waals surface area contributed by atoms with Gasteiger partial charge in [0.25, 0.3) is 0 Å². The van der Waals surface area contributed by atoms with Gasteiger partial charge in [0, 0.05) is 17.4 Å². The van der Waals surface area contributed by atoms with Crippen LogP contribution in [0.4, 0.5) is 0 Å². The summed E-state index contributed by atoms with van der Waals surface area (Å²) in [7, 11) is -3.53. The highest BCUT2D eigenvalue weighted by molar-refractivity contribution is 7.99. The minimum Gasteiger partial charge on any atom is -0.295 e. The first kappa shape index (κ1) is 16.2. The molecule has 0 bridgehead atoms. The van der Waals surface area contributed by atoms with Crippen molar-refractivity contribution in [1.29, 1.82) is 0 Å². The molecule has 0 aliphatic carbocycles. The number of thioether (sulfide) groups is 1. The van der Waals surface area contributed by atoms with Crippen LogP contribution in [-0.2, 0) is 10.0 Å². The summed E-state index contributed by atoms with van der Waals surface area (Å²) in [6.07, 6.45) is 2.77. The molecule has 0 saturated heterocycles. The van der Waals surface area contributed by atoms with Gasteiger partial charge in [-0.2, -0.15) is 11.8 Å². The highest BCUT2D eigenvalue weighted by atomic mass is 32.2. The third-order valence-electron chi connectivity index (χ3n) is 2.80. The standard InChI is InChI=1S/C13H19NO3S2/c1-10(18-3)7-8-14-19(16,17)13-6-4-5-12(9-13)11(2)15/h4-6,9-10,14H,7-8H2,1-3H3. The Kier molecular flexibility index (Phi) is 6.03.